The quantitative estimate of drug-likeness (QED) is 0.636. The highest BCUT2D eigenvalue weighted by Gasteiger charge is 2.29. The Kier molecular flexibility index (Phi) is 9.01. The van der Waals surface area contributed by atoms with Crippen molar-refractivity contribution in [1.82, 2.24) is 10.3 Å². The number of carbonyl (C=O) groups excluding carboxylic acids is 1. The molecule has 0 bridgehead atoms. The maximum atomic E-state index is 12.3. The van der Waals surface area contributed by atoms with Gasteiger partial charge in [-0.25, -0.2) is 9.78 Å². The average Bonchev–Trinajstić information content (AvgIpc) is 2.56. The van der Waals surface area contributed by atoms with E-state index in [1.165, 1.54) is 0 Å². The molecule has 1 atom stereocenters. The Hall–Kier alpha value is -2.02. The molecule has 1 aromatic heterocycles. The molecule has 0 radical (unpaired) electrons. The molecule has 7 nitrogen and oxygen atoms in total. The highest BCUT2D eigenvalue weighted by atomic mass is 16.6. The second-order valence-corrected chi connectivity index (χ2v) is 8.81. The number of methoxy groups -OCH3 is 2. The SMILES string of the molecule is COCCCOc1cc(CC(NC(=O)OC(C)(C)C)C(C)(C)C)cnc1OC. The molecule has 0 saturated heterocycles. The van der Waals surface area contributed by atoms with Crippen molar-refractivity contribution < 1.29 is 23.7 Å². The Bertz CT molecular complexity index is 620. The van der Waals surface area contributed by atoms with Crippen molar-refractivity contribution in [2.75, 3.05) is 27.4 Å². The van der Waals surface area contributed by atoms with E-state index in [1.54, 1.807) is 20.4 Å². The topological polar surface area (TPSA) is 78.9 Å². The van der Waals surface area contributed by atoms with Crippen LogP contribution in [-0.2, 0) is 15.9 Å². The Balaban J connectivity index is 2.91. The molecule has 0 aliphatic carbocycles. The summed E-state index contributed by atoms with van der Waals surface area (Å²) < 4.78 is 21.6. The van der Waals surface area contributed by atoms with Crippen molar-refractivity contribution in [1.29, 1.82) is 0 Å². The summed E-state index contributed by atoms with van der Waals surface area (Å²) in [5.41, 5.74) is 0.229. The Morgan fingerprint density at radius 3 is 2.36 bits per heavy atom. The molecule has 28 heavy (non-hydrogen) atoms. The van der Waals surface area contributed by atoms with Crippen molar-refractivity contribution >= 4 is 6.09 Å². The van der Waals surface area contributed by atoms with E-state index in [1.807, 2.05) is 26.8 Å². The van der Waals surface area contributed by atoms with Crippen LogP contribution in [-0.4, -0.2) is 50.2 Å². The summed E-state index contributed by atoms with van der Waals surface area (Å²) >= 11 is 0. The molecule has 0 aliphatic rings. The zero-order chi connectivity index (χ0) is 21.4. The third kappa shape index (κ3) is 8.78. The molecule has 0 spiro atoms. The average molecular weight is 397 g/mol. The molecular formula is C21H36N2O5. The van der Waals surface area contributed by atoms with Crippen molar-refractivity contribution in [2.45, 2.75) is 66.0 Å². The lowest BCUT2D eigenvalue weighted by Gasteiger charge is -2.32. The van der Waals surface area contributed by atoms with Gasteiger partial charge in [0.2, 0.25) is 0 Å². The van der Waals surface area contributed by atoms with E-state index < -0.39 is 11.7 Å². The molecule has 0 saturated carbocycles. The van der Waals surface area contributed by atoms with Crippen LogP contribution in [0.25, 0.3) is 0 Å². The lowest BCUT2D eigenvalue weighted by molar-refractivity contribution is 0.0464. The number of rotatable bonds is 9. The van der Waals surface area contributed by atoms with Crippen LogP contribution in [0.1, 0.15) is 53.5 Å². The van der Waals surface area contributed by atoms with Gasteiger partial charge in [-0.15, -0.1) is 0 Å². The first-order chi connectivity index (χ1) is 13.0. The van der Waals surface area contributed by atoms with Gasteiger partial charge >= 0.3 is 6.09 Å². The lowest BCUT2D eigenvalue weighted by Crippen LogP contribution is -2.47. The van der Waals surface area contributed by atoms with Crippen LogP contribution in [0.5, 0.6) is 11.6 Å². The zero-order valence-corrected chi connectivity index (χ0v) is 18.5. The molecule has 0 aromatic carbocycles. The third-order valence-corrected chi connectivity index (χ3v) is 3.99. The molecule has 1 amide bonds. The molecule has 160 valence electrons. The predicted molar refractivity (Wildman–Crippen MR) is 109 cm³/mol. The lowest BCUT2D eigenvalue weighted by atomic mass is 9.83. The second kappa shape index (κ2) is 10.5. The van der Waals surface area contributed by atoms with Gasteiger partial charge in [0, 0.05) is 32.4 Å². The number of pyridine rings is 1. The highest BCUT2D eigenvalue weighted by molar-refractivity contribution is 5.68. The van der Waals surface area contributed by atoms with Crippen LogP contribution in [0.2, 0.25) is 0 Å². The normalized spacial score (nSPS) is 13.0. The number of alkyl carbamates (subject to hydrolysis) is 1. The fourth-order valence-electron chi connectivity index (χ4n) is 2.49. The van der Waals surface area contributed by atoms with E-state index in [-0.39, 0.29) is 11.5 Å². The van der Waals surface area contributed by atoms with Gasteiger partial charge in [0.1, 0.15) is 5.60 Å². The van der Waals surface area contributed by atoms with E-state index in [0.29, 0.717) is 31.3 Å². The van der Waals surface area contributed by atoms with Crippen molar-refractivity contribution in [3.63, 3.8) is 0 Å². The highest BCUT2D eigenvalue weighted by Crippen LogP contribution is 2.28. The van der Waals surface area contributed by atoms with Crippen LogP contribution < -0.4 is 14.8 Å². The standard InChI is InChI=1S/C21H36N2O5/c1-20(2,3)17(23-19(24)28-21(4,5)6)13-15-12-16(18(26-8)22-14-15)27-11-9-10-25-7/h12,14,17H,9-11,13H2,1-8H3,(H,23,24). The zero-order valence-electron chi connectivity index (χ0n) is 18.5. The molecule has 7 heteroatoms. The number of amides is 1. The number of aromatic nitrogens is 1. The van der Waals surface area contributed by atoms with Crippen molar-refractivity contribution in [3.8, 4) is 11.6 Å². The monoisotopic (exact) mass is 396 g/mol. The van der Waals surface area contributed by atoms with Gasteiger partial charge in [0.05, 0.1) is 13.7 Å². The fraction of sp³-hybridized carbons (Fsp3) is 0.714. The molecule has 0 fully saturated rings. The van der Waals surface area contributed by atoms with E-state index in [4.69, 9.17) is 18.9 Å². The molecule has 1 unspecified atom stereocenters. The minimum Gasteiger partial charge on any atom is -0.488 e. The van der Waals surface area contributed by atoms with Crippen molar-refractivity contribution in [3.05, 3.63) is 17.8 Å². The first-order valence-corrected chi connectivity index (χ1v) is 9.60. The van der Waals surface area contributed by atoms with Gasteiger partial charge in [-0.1, -0.05) is 20.8 Å². The number of carbonyl (C=O) groups is 1. The van der Waals surface area contributed by atoms with Gasteiger partial charge < -0.3 is 24.3 Å². The fourth-order valence-corrected chi connectivity index (χ4v) is 2.49. The molecule has 1 heterocycles. The van der Waals surface area contributed by atoms with Crippen LogP contribution in [0.15, 0.2) is 12.3 Å². The van der Waals surface area contributed by atoms with Gasteiger partial charge in [-0.05, 0) is 44.2 Å². The van der Waals surface area contributed by atoms with E-state index in [2.05, 4.69) is 31.1 Å². The van der Waals surface area contributed by atoms with Crippen LogP contribution >= 0.6 is 0 Å². The Morgan fingerprint density at radius 1 is 1.14 bits per heavy atom. The summed E-state index contributed by atoms with van der Waals surface area (Å²) in [6.45, 7) is 12.9. The first kappa shape index (κ1) is 24.0. The van der Waals surface area contributed by atoms with E-state index in [0.717, 1.165) is 12.0 Å². The summed E-state index contributed by atoms with van der Waals surface area (Å²) in [4.78, 5) is 16.6. The van der Waals surface area contributed by atoms with E-state index in [9.17, 15) is 4.79 Å². The number of nitrogens with zero attached hydrogens (tertiary/aromatic N) is 1. The molecule has 0 aliphatic heterocycles. The second-order valence-electron chi connectivity index (χ2n) is 8.81. The summed E-state index contributed by atoms with van der Waals surface area (Å²) in [7, 11) is 3.22. The van der Waals surface area contributed by atoms with Gasteiger partial charge in [0.15, 0.2) is 5.75 Å². The van der Waals surface area contributed by atoms with Crippen LogP contribution in [0.4, 0.5) is 4.79 Å². The van der Waals surface area contributed by atoms with Gasteiger partial charge in [0.25, 0.3) is 5.88 Å². The summed E-state index contributed by atoms with van der Waals surface area (Å²) in [5, 5.41) is 2.99. The van der Waals surface area contributed by atoms with Crippen LogP contribution in [0.3, 0.4) is 0 Å². The number of nitrogens with one attached hydrogen (secondary N) is 1. The summed E-state index contributed by atoms with van der Waals surface area (Å²) in [5.74, 6) is 1.02. The molecular weight excluding hydrogens is 360 g/mol. The third-order valence-electron chi connectivity index (χ3n) is 3.99. The molecule has 1 aromatic rings. The van der Waals surface area contributed by atoms with Crippen molar-refractivity contribution in [2.24, 2.45) is 5.41 Å². The van der Waals surface area contributed by atoms with Gasteiger partial charge in [-0.2, -0.15) is 0 Å². The summed E-state index contributed by atoms with van der Waals surface area (Å²) in [6.07, 6.45) is 2.68. The number of hydrogen-bond donors (Lipinski definition) is 1. The maximum Gasteiger partial charge on any atom is 0.407 e. The minimum atomic E-state index is -0.544. The number of ether oxygens (including phenoxy) is 4. The number of hydrogen-bond acceptors (Lipinski definition) is 6. The minimum absolute atomic E-state index is 0.140. The Morgan fingerprint density at radius 2 is 1.82 bits per heavy atom. The van der Waals surface area contributed by atoms with E-state index >= 15 is 0 Å². The molecule has 1 rings (SSSR count). The largest absolute Gasteiger partial charge is 0.488 e. The maximum absolute atomic E-state index is 12.3. The predicted octanol–water partition coefficient (Wildman–Crippen LogP) is 3.99. The molecule has 1 N–H and O–H groups in total. The first-order valence-electron chi connectivity index (χ1n) is 9.60. The smallest absolute Gasteiger partial charge is 0.407 e. The van der Waals surface area contributed by atoms with Crippen LogP contribution in [0, 0.1) is 5.41 Å². The van der Waals surface area contributed by atoms with Gasteiger partial charge in [-0.3, -0.25) is 0 Å². The summed E-state index contributed by atoms with van der Waals surface area (Å²) in [6, 6.07) is 1.77. The Labute approximate surface area is 169 Å².